The SMILES string of the molecule is COc1cc(OC)cc(C2C(C(=O)OC(C)C)=C(C)NC3=C2C(=O)CC(C)(C)C3)c1. The molecule has 0 fully saturated rings. The number of hydrogen-bond acceptors (Lipinski definition) is 6. The molecule has 1 aliphatic heterocycles. The van der Waals surface area contributed by atoms with Crippen molar-refractivity contribution in [3.63, 3.8) is 0 Å². The maximum Gasteiger partial charge on any atom is 0.337 e. The van der Waals surface area contributed by atoms with Crippen LogP contribution in [-0.2, 0) is 14.3 Å². The minimum absolute atomic E-state index is 0.0443. The molecule has 0 saturated heterocycles. The first kappa shape index (κ1) is 21.9. The first-order valence-corrected chi connectivity index (χ1v) is 10.2. The summed E-state index contributed by atoms with van der Waals surface area (Å²) in [5.74, 6) is 0.277. The van der Waals surface area contributed by atoms with Gasteiger partial charge in [-0.05, 0) is 50.3 Å². The smallest absolute Gasteiger partial charge is 0.337 e. The molecule has 30 heavy (non-hydrogen) atoms. The van der Waals surface area contributed by atoms with Crippen molar-refractivity contribution in [1.82, 2.24) is 5.32 Å². The Labute approximate surface area is 178 Å². The number of allylic oxidation sites excluding steroid dienone is 3. The van der Waals surface area contributed by atoms with Crippen LogP contribution in [0, 0.1) is 5.41 Å². The zero-order valence-corrected chi connectivity index (χ0v) is 18.8. The zero-order valence-electron chi connectivity index (χ0n) is 18.8. The second-order valence-electron chi connectivity index (χ2n) is 9.03. The number of methoxy groups -OCH3 is 2. The van der Waals surface area contributed by atoms with Crippen molar-refractivity contribution in [1.29, 1.82) is 0 Å². The van der Waals surface area contributed by atoms with Crippen molar-refractivity contribution in [2.75, 3.05) is 14.2 Å². The fourth-order valence-corrected chi connectivity index (χ4v) is 4.31. The number of carbonyl (C=O) groups excluding carboxylic acids is 2. The molecule has 0 saturated carbocycles. The number of ether oxygens (including phenoxy) is 3. The molecule has 1 atom stereocenters. The van der Waals surface area contributed by atoms with Crippen LogP contribution >= 0.6 is 0 Å². The molecule has 1 N–H and O–H groups in total. The van der Waals surface area contributed by atoms with E-state index in [0.717, 1.165) is 17.7 Å². The average Bonchev–Trinajstić information content (AvgIpc) is 2.64. The summed E-state index contributed by atoms with van der Waals surface area (Å²) >= 11 is 0. The first-order valence-electron chi connectivity index (χ1n) is 10.2. The summed E-state index contributed by atoms with van der Waals surface area (Å²) in [6, 6.07) is 5.48. The molecule has 2 aliphatic rings. The van der Waals surface area contributed by atoms with E-state index in [0.29, 0.717) is 34.8 Å². The van der Waals surface area contributed by atoms with Gasteiger partial charge in [0.15, 0.2) is 5.78 Å². The van der Waals surface area contributed by atoms with Crippen LogP contribution in [0.25, 0.3) is 0 Å². The van der Waals surface area contributed by atoms with E-state index in [2.05, 4.69) is 19.2 Å². The Bertz CT molecular complexity index is 917. The van der Waals surface area contributed by atoms with Crippen molar-refractivity contribution < 1.29 is 23.8 Å². The lowest BCUT2D eigenvalue weighted by molar-refractivity contribution is -0.143. The van der Waals surface area contributed by atoms with Gasteiger partial charge in [-0.15, -0.1) is 0 Å². The van der Waals surface area contributed by atoms with Crippen LogP contribution in [0.3, 0.4) is 0 Å². The summed E-state index contributed by atoms with van der Waals surface area (Å²) < 4.78 is 16.4. The van der Waals surface area contributed by atoms with Gasteiger partial charge in [-0.2, -0.15) is 0 Å². The number of hydrogen-bond donors (Lipinski definition) is 1. The largest absolute Gasteiger partial charge is 0.497 e. The average molecular weight is 414 g/mol. The molecule has 0 spiro atoms. The highest BCUT2D eigenvalue weighted by atomic mass is 16.5. The molecule has 0 amide bonds. The predicted molar refractivity (Wildman–Crippen MR) is 114 cm³/mol. The maximum absolute atomic E-state index is 13.3. The Morgan fingerprint density at radius 2 is 1.70 bits per heavy atom. The molecule has 6 heteroatoms. The van der Waals surface area contributed by atoms with E-state index in [9.17, 15) is 9.59 Å². The highest BCUT2D eigenvalue weighted by Crippen LogP contribution is 2.47. The van der Waals surface area contributed by atoms with Gasteiger partial charge in [-0.25, -0.2) is 4.79 Å². The Balaban J connectivity index is 2.23. The monoisotopic (exact) mass is 413 g/mol. The van der Waals surface area contributed by atoms with Crippen LogP contribution in [0.15, 0.2) is 40.7 Å². The lowest BCUT2D eigenvalue weighted by atomic mass is 9.68. The molecular formula is C24H31NO5. The fraction of sp³-hybridized carbons (Fsp3) is 0.500. The zero-order chi connectivity index (χ0) is 22.2. The van der Waals surface area contributed by atoms with Crippen LogP contribution in [0.4, 0.5) is 0 Å². The first-order chi connectivity index (χ1) is 14.1. The third kappa shape index (κ3) is 4.23. The minimum atomic E-state index is -0.542. The van der Waals surface area contributed by atoms with Gasteiger partial charge in [0.05, 0.1) is 25.9 Å². The molecule has 1 aromatic rings. The molecule has 0 bridgehead atoms. The van der Waals surface area contributed by atoms with Gasteiger partial charge < -0.3 is 19.5 Å². The highest BCUT2D eigenvalue weighted by Gasteiger charge is 2.43. The van der Waals surface area contributed by atoms with Crippen LogP contribution in [-0.4, -0.2) is 32.1 Å². The van der Waals surface area contributed by atoms with Crippen LogP contribution in [0.5, 0.6) is 11.5 Å². The second kappa shape index (κ2) is 8.17. The van der Waals surface area contributed by atoms with Gasteiger partial charge in [0.1, 0.15) is 11.5 Å². The Hall–Kier alpha value is -2.76. The van der Waals surface area contributed by atoms with Gasteiger partial charge in [-0.3, -0.25) is 4.79 Å². The van der Waals surface area contributed by atoms with E-state index in [1.54, 1.807) is 20.3 Å². The van der Waals surface area contributed by atoms with Gasteiger partial charge in [0.2, 0.25) is 0 Å². The van der Waals surface area contributed by atoms with Crippen molar-refractivity contribution in [2.24, 2.45) is 5.41 Å². The number of Topliss-reactive ketones (excluding diaryl/α,β-unsaturated/α-hetero) is 1. The van der Waals surface area contributed by atoms with Crippen molar-refractivity contribution >= 4 is 11.8 Å². The number of ketones is 1. The van der Waals surface area contributed by atoms with Gasteiger partial charge in [-0.1, -0.05) is 13.8 Å². The van der Waals surface area contributed by atoms with Gasteiger partial charge in [0.25, 0.3) is 0 Å². The maximum atomic E-state index is 13.3. The highest BCUT2D eigenvalue weighted by molar-refractivity contribution is 6.04. The van der Waals surface area contributed by atoms with Crippen LogP contribution < -0.4 is 14.8 Å². The van der Waals surface area contributed by atoms with Crippen molar-refractivity contribution in [2.45, 2.75) is 59.5 Å². The second-order valence-corrected chi connectivity index (χ2v) is 9.03. The molecule has 162 valence electrons. The Morgan fingerprint density at radius 1 is 1.10 bits per heavy atom. The summed E-state index contributed by atoms with van der Waals surface area (Å²) in [4.78, 5) is 26.4. The molecular weight excluding hydrogens is 382 g/mol. The number of nitrogens with one attached hydrogen (secondary N) is 1. The topological polar surface area (TPSA) is 73.9 Å². The molecule has 1 heterocycles. The molecule has 1 aliphatic carbocycles. The standard InChI is InChI=1S/C24H31NO5/c1-13(2)30-23(27)20-14(3)25-18-11-24(4,5)12-19(26)22(18)21(20)15-8-16(28-6)10-17(9-15)29-7/h8-10,13,21,25H,11-12H2,1-7H3. The Morgan fingerprint density at radius 3 is 2.23 bits per heavy atom. The van der Waals surface area contributed by atoms with E-state index in [-0.39, 0.29) is 17.3 Å². The van der Waals surface area contributed by atoms with Crippen molar-refractivity contribution in [3.8, 4) is 11.5 Å². The van der Waals surface area contributed by atoms with Crippen molar-refractivity contribution in [3.05, 3.63) is 46.3 Å². The summed E-state index contributed by atoms with van der Waals surface area (Å²) in [5.41, 5.74) is 3.29. The van der Waals surface area contributed by atoms with Gasteiger partial charge in [0, 0.05) is 35.4 Å². The van der Waals surface area contributed by atoms with Gasteiger partial charge >= 0.3 is 5.97 Å². The molecule has 1 aromatic carbocycles. The van der Waals surface area contributed by atoms with E-state index < -0.39 is 11.9 Å². The predicted octanol–water partition coefficient (Wildman–Crippen LogP) is 4.26. The molecule has 0 aromatic heterocycles. The summed E-state index contributed by atoms with van der Waals surface area (Å²) in [7, 11) is 3.16. The number of dihydropyridines is 1. The van der Waals surface area contributed by atoms with E-state index in [1.165, 1.54) is 0 Å². The molecule has 6 nitrogen and oxygen atoms in total. The summed E-state index contributed by atoms with van der Waals surface area (Å²) in [6.45, 7) is 9.65. The normalized spacial score (nSPS) is 20.7. The number of rotatable bonds is 5. The quantitative estimate of drug-likeness (QED) is 0.727. The summed E-state index contributed by atoms with van der Waals surface area (Å²) in [6.07, 6.45) is 0.890. The number of benzene rings is 1. The fourth-order valence-electron chi connectivity index (χ4n) is 4.31. The van der Waals surface area contributed by atoms with Crippen LogP contribution in [0.1, 0.15) is 58.9 Å². The Kier molecular flexibility index (Phi) is 5.97. The lowest BCUT2D eigenvalue weighted by Gasteiger charge is -2.39. The van der Waals surface area contributed by atoms with E-state index in [1.807, 2.05) is 32.9 Å². The minimum Gasteiger partial charge on any atom is -0.497 e. The lowest BCUT2D eigenvalue weighted by Crippen LogP contribution is -2.39. The third-order valence-electron chi connectivity index (χ3n) is 5.51. The van der Waals surface area contributed by atoms with E-state index >= 15 is 0 Å². The number of esters is 1. The van der Waals surface area contributed by atoms with Crippen LogP contribution in [0.2, 0.25) is 0 Å². The van der Waals surface area contributed by atoms with E-state index in [4.69, 9.17) is 14.2 Å². The molecule has 3 rings (SSSR count). The third-order valence-corrected chi connectivity index (χ3v) is 5.51. The summed E-state index contributed by atoms with van der Waals surface area (Å²) in [5, 5.41) is 3.34. The number of carbonyl (C=O) groups is 2. The molecule has 0 radical (unpaired) electrons. The molecule has 1 unspecified atom stereocenters.